The molecule has 0 aliphatic heterocycles. The minimum Gasteiger partial charge on any atom is -0.462 e. The lowest BCUT2D eigenvalue weighted by Gasteiger charge is -2.13. The summed E-state index contributed by atoms with van der Waals surface area (Å²) in [7, 11) is 0. The number of rotatable bonds is 7. The zero-order chi connectivity index (χ0) is 19.1. The number of esters is 1. The van der Waals surface area contributed by atoms with Crippen LogP contribution in [0, 0.1) is 0 Å². The minimum atomic E-state index is -0.244. The highest BCUT2D eigenvalue weighted by atomic mass is 32.1. The van der Waals surface area contributed by atoms with E-state index in [-0.39, 0.29) is 5.97 Å². The second kappa shape index (κ2) is 9.85. The summed E-state index contributed by atoms with van der Waals surface area (Å²) >= 11 is 7.09. The van der Waals surface area contributed by atoms with Crippen LogP contribution >= 0.6 is 23.6 Å². The van der Waals surface area contributed by atoms with Gasteiger partial charge in [0.2, 0.25) is 0 Å². The average Bonchev–Trinajstić information content (AvgIpc) is 3.04. The van der Waals surface area contributed by atoms with Gasteiger partial charge in [0.05, 0.1) is 12.2 Å². The van der Waals surface area contributed by atoms with Gasteiger partial charge in [-0.05, 0) is 68.8 Å². The molecule has 1 aliphatic carbocycles. The number of thiocarbonyl (C=S) groups is 1. The second-order valence-corrected chi connectivity index (χ2v) is 8.12. The number of anilines is 1. The number of ether oxygens (including phenoxy) is 1. The highest BCUT2D eigenvalue weighted by Crippen LogP contribution is 2.38. The Balaban J connectivity index is 1.58. The Kier molecular flexibility index (Phi) is 7.24. The average molecular weight is 403 g/mol. The first kappa shape index (κ1) is 19.8. The lowest BCUT2D eigenvalue weighted by atomic mass is 9.95. The Morgan fingerprint density at radius 1 is 1.22 bits per heavy atom. The van der Waals surface area contributed by atoms with Crippen molar-refractivity contribution in [3.8, 4) is 0 Å². The van der Waals surface area contributed by atoms with Crippen molar-refractivity contribution in [3.63, 3.8) is 0 Å². The molecule has 0 spiro atoms. The number of hydrogen-bond donors (Lipinski definition) is 2. The highest BCUT2D eigenvalue weighted by Gasteiger charge is 2.26. The normalized spacial score (nSPS) is 12.9. The lowest BCUT2D eigenvalue weighted by Crippen LogP contribution is -2.29. The van der Waals surface area contributed by atoms with Crippen LogP contribution in [-0.2, 0) is 24.0 Å². The predicted octanol–water partition coefficient (Wildman–Crippen LogP) is 4.72. The molecule has 2 N–H and O–H groups in total. The molecule has 3 rings (SSSR count). The first-order valence-corrected chi connectivity index (χ1v) is 10.8. The standard InChI is InChI=1S/C21H26N2O2S2/c1-2-25-20(24)18-16-12-6-7-13-17(16)27-19(18)23-21(26)22-14-8-11-15-9-4-3-5-10-15/h3-5,9-10H,2,6-8,11-14H2,1H3,(H2,22,23,26). The third kappa shape index (κ3) is 5.30. The monoisotopic (exact) mass is 402 g/mol. The Labute approximate surface area is 170 Å². The quantitative estimate of drug-likeness (QED) is 0.399. The number of fused-ring (bicyclic) bond motifs is 1. The van der Waals surface area contributed by atoms with Crippen LogP contribution in [0.5, 0.6) is 0 Å². The molecule has 1 aromatic carbocycles. The number of carbonyl (C=O) groups is 1. The zero-order valence-electron chi connectivity index (χ0n) is 15.7. The molecule has 27 heavy (non-hydrogen) atoms. The van der Waals surface area contributed by atoms with E-state index in [0.717, 1.165) is 49.2 Å². The van der Waals surface area contributed by atoms with Crippen molar-refractivity contribution in [1.82, 2.24) is 5.32 Å². The van der Waals surface area contributed by atoms with Gasteiger partial charge in [0.25, 0.3) is 0 Å². The molecule has 6 heteroatoms. The molecule has 0 saturated heterocycles. The van der Waals surface area contributed by atoms with Gasteiger partial charge < -0.3 is 15.4 Å². The molecule has 2 aromatic rings. The van der Waals surface area contributed by atoms with Crippen LogP contribution < -0.4 is 10.6 Å². The molecule has 0 amide bonds. The van der Waals surface area contributed by atoms with Crippen LogP contribution in [0.1, 0.15) is 52.5 Å². The maximum absolute atomic E-state index is 12.5. The van der Waals surface area contributed by atoms with Gasteiger partial charge in [0, 0.05) is 11.4 Å². The molecule has 0 saturated carbocycles. The van der Waals surface area contributed by atoms with E-state index < -0.39 is 0 Å². The van der Waals surface area contributed by atoms with Crippen molar-refractivity contribution in [2.45, 2.75) is 45.4 Å². The van der Waals surface area contributed by atoms with Crippen molar-refractivity contribution in [1.29, 1.82) is 0 Å². The van der Waals surface area contributed by atoms with Gasteiger partial charge in [0.15, 0.2) is 5.11 Å². The van der Waals surface area contributed by atoms with Crippen molar-refractivity contribution in [3.05, 3.63) is 51.9 Å². The molecule has 0 radical (unpaired) electrons. The summed E-state index contributed by atoms with van der Waals surface area (Å²) in [6, 6.07) is 10.4. The Morgan fingerprint density at radius 2 is 2.00 bits per heavy atom. The van der Waals surface area contributed by atoms with E-state index in [1.54, 1.807) is 11.3 Å². The van der Waals surface area contributed by atoms with Crippen LogP contribution in [0.2, 0.25) is 0 Å². The van der Waals surface area contributed by atoms with E-state index in [1.807, 2.05) is 13.0 Å². The van der Waals surface area contributed by atoms with Gasteiger partial charge in [-0.15, -0.1) is 11.3 Å². The fourth-order valence-electron chi connectivity index (χ4n) is 3.36. The van der Waals surface area contributed by atoms with Crippen molar-refractivity contribution < 1.29 is 9.53 Å². The van der Waals surface area contributed by atoms with E-state index >= 15 is 0 Å². The molecular weight excluding hydrogens is 376 g/mol. The molecule has 1 aromatic heterocycles. The Bertz CT molecular complexity index is 787. The summed E-state index contributed by atoms with van der Waals surface area (Å²) < 4.78 is 5.29. The molecule has 0 unspecified atom stereocenters. The number of aryl methyl sites for hydroxylation is 2. The first-order valence-electron chi connectivity index (χ1n) is 9.59. The van der Waals surface area contributed by atoms with Crippen molar-refractivity contribution in [2.24, 2.45) is 0 Å². The summed E-state index contributed by atoms with van der Waals surface area (Å²) in [5, 5.41) is 7.88. The zero-order valence-corrected chi connectivity index (χ0v) is 17.3. The first-order chi connectivity index (χ1) is 13.2. The summed E-state index contributed by atoms with van der Waals surface area (Å²) in [4.78, 5) is 13.8. The topological polar surface area (TPSA) is 50.4 Å². The van der Waals surface area contributed by atoms with Crippen molar-refractivity contribution >= 4 is 39.6 Å². The number of thiophene rings is 1. The minimum absolute atomic E-state index is 0.244. The van der Waals surface area contributed by atoms with Gasteiger partial charge >= 0.3 is 5.97 Å². The number of benzene rings is 1. The van der Waals surface area contributed by atoms with Crippen LogP contribution in [0.3, 0.4) is 0 Å². The number of hydrogen-bond acceptors (Lipinski definition) is 4. The largest absolute Gasteiger partial charge is 0.462 e. The summed E-state index contributed by atoms with van der Waals surface area (Å²) in [5.41, 5.74) is 3.16. The lowest BCUT2D eigenvalue weighted by molar-refractivity contribution is 0.0526. The third-order valence-electron chi connectivity index (χ3n) is 4.65. The van der Waals surface area contributed by atoms with Gasteiger partial charge in [-0.3, -0.25) is 0 Å². The maximum atomic E-state index is 12.5. The predicted molar refractivity (Wildman–Crippen MR) is 116 cm³/mol. The fraction of sp³-hybridized carbons (Fsp3) is 0.429. The van der Waals surface area contributed by atoms with Crippen LogP contribution in [-0.4, -0.2) is 24.2 Å². The third-order valence-corrected chi connectivity index (χ3v) is 6.10. The molecule has 0 atom stereocenters. The highest BCUT2D eigenvalue weighted by molar-refractivity contribution is 7.80. The number of carbonyl (C=O) groups excluding carboxylic acids is 1. The second-order valence-electron chi connectivity index (χ2n) is 6.61. The molecular formula is C21H26N2O2S2. The van der Waals surface area contributed by atoms with Gasteiger partial charge in [-0.25, -0.2) is 4.79 Å². The molecule has 1 aliphatic rings. The van der Waals surface area contributed by atoms with Gasteiger partial charge in [-0.1, -0.05) is 30.3 Å². The molecule has 0 bridgehead atoms. The Morgan fingerprint density at radius 3 is 2.78 bits per heavy atom. The maximum Gasteiger partial charge on any atom is 0.341 e. The summed E-state index contributed by atoms with van der Waals surface area (Å²) in [6.45, 7) is 3.01. The number of nitrogens with one attached hydrogen (secondary N) is 2. The van der Waals surface area contributed by atoms with E-state index in [2.05, 4.69) is 34.9 Å². The van der Waals surface area contributed by atoms with Gasteiger partial charge in [0.1, 0.15) is 5.00 Å². The van der Waals surface area contributed by atoms with E-state index in [1.165, 1.54) is 16.9 Å². The van der Waals surface area contributed by atoms with Crippen LogP contribution in [0.15, 0.2) is 30.3 Å². The van der Waals surface area contributed by atoms with E-state index in [9.17, 15) is 4.79 Å². The van der Waals surface area contributed by atoms with E-state index in [4.69, 9.17) is 17.0 Å². The SMILES string of the molecule is CCOC(=O)c1c(NC(=S)NCCCc2ccccc2)sc2c1CCCC2. The summed E-state index contributed by atoms with van der Waals surface area (Å²) in [5.74, 6) is -0.244. The van der Waals surface area contributed by atoms with Crippen LogP contribution in [0.4, 0.5) is 5.00 Å². The Hall–Kier alpha value is -1.92. The smallest absolute Gasteiger partial charge is 0.341 e. The molecule has 1 heterocycles. The summed E-state index contributed by atoms with van der Waals surface area (Å²) in [6.07, 6.45) is 6.29. The molecule has 144 valence electrons. The molecule has 4 nitrogen and oxygen atoms in total. The van der Waals surface area contributed by atoms with Crippen LogP contribution in [0.25, 0.3) is 0 Å². The van der Waals surface area contributed by atoms with E-state index in [0.29, 0.717) is 17.3 Å². The van der Waals surface area contributed by atoms with Gasteiger partial charge in [-0.2, -0.15) is 0 Å². The molecule has 0 fully saturated rings. The van der Waals surface area contributed by atoms with Crippen molar-refractivity contribution in [2.75, 3.05) is 18.5 Å². The fourth-order valence-corrected chi connectivity index (χ4v) is 4.91.